The molecule has 1 atom stereocenters. The molecule has 0 saturated carbocycles. The molecule has 5 heteroatoms. The number of hydrogen-bond acceptors (Lipinski definition) is 4. The molecule has 27 heavy (non-hydrogen) atoms. The maximum Gasteiger partial charge on any atom is 0.244 e. The first kappa shape index (κ1) is 17.5. The van der Waals surface area contributed by atoms with Gasteiger partial charge in [0.15, 0.2) is 11.5 Å². The van der Waals surface area contributed by atoms with E-state index in [-0.39, 0.29) is 24.3 Å². The number of ether oxygens (including phenoxy) is 3. The van der Waals surface area contributed by atoms with Crippen molar-refractivity contribution >= 4 is 12.0 Å². The molecule has 2 aliphatic rings. The predicted molar refractivity (Wildman–Crippen MR) is 103 cm³/mol. The summed E-state index contributed by atoms with van der Waals surface area (Å²) in [6, 6.07) is 11.6. The van der Waals surface area contributed by atoms with Gasteiger partial charge in [0, 0.05) is 18.1 Å². The molecule has 0 bridgehead atoms. The van der Waals surface area contributed by atoms with E-state index in [2.05, 4.69) is 11.4 Å². The molecule has 0 aliphatic carbocycles. The van der Waals surface area contributed by atoms with Crippen molar-refractivity contribution in [2.45, 2.75) is 38.8 Å². The topological polar surface area (TPSA) is 56.8 Å². The minimum absolute atomic E-state index is 0.0856. The standard InChI is InChI=1S/C22H23NO4/c1-14-4-7-18-16(10-14)17(12-22(2,3)27-18)23-21(24)9-6-15-5-8-19-20(11-15)26-13-25-19/h4-11,17H,12-13H2,1-3H3,(H,23,24)/b9-6+. The van der Waals surface area contributed by atoms with Gasteiger partial charge in [0.2, 0.25) is 12.7 Å². The van der Waals surface area contributed by atoms with Gasteiger partial charge < -0.3 is 19.5 Å². The Morgan fingerprint density at radius 1 is 1.11 bits per heavy atom. The summed E-state index contributed by atoms with van der Waals surface area (Å²) >= 11 is 0. The van der Waals surface area contributed by atoms with Crippen molar-refractivity contribution in [1.82, 2.24) is 5.32 Å². The third-order valence-corrected chi connectivity index (χ3v) is 4.76. The molecule has 0 spiro atoms. The van der Waals surface area contributed by atoms with Crippen LogP contribution in [0.5, 0.6) is 17.2 Å². The minimum atomic E-state index is -0.332. The fraction of sp³-hybridized carbons (Fsp3) is 0.318. The summed E-state index contributed by atoms with van der Waals surface area (Å²) in [5, 5.41) is 3.12. The van der Waals surface area contributed by atoms with Gasteiger partial charge in [-0.15, -0.1) is 0 Å². The van der Waals surface area contributed by atoms with Crippen LogP contribution in [0.2, 0.25) is 0 Å². The molecule has 5 nitrogen and oxygen atoms in total. The van der Waals surface area contributed by atoms with Crippen LogP contribution in [-0.4, -0.2) is 18.3 Å². The quantitative estimate of drug-likeness (QED) is 0.830. The van der Waals surface area contributed by atoms with Gasteiger partial charge in [-0.05, 0) is 50.6 Å². The highest BCUT2D eigenvalue weighted by Gasteiger charge is 2.34. The van der Waals surface area contributed by atoms with Crippen molar-refractivity contribution < 1.29 is 19.0 Å². The maximum atomic E-state index is 12.5. The average molecular weight is 365 g/mol. The molecule has 2 aromatic rings. The molecule has 4 rings (SSSR count). The van der Waals surface area contributed by atoms with E-state index in [1.807, 2.05) is 51.1 Å². The second-order valence-corrected chi connectivity index (χ2v) is 7.61. The van der Waals surface area contributed by atoms with Crippen molar-refractivity contribution in [2.24, 2.45) is 0 Å². The number of amides is 1. The van der Waals surface area contributed by atoms with E-state index in [0.717, 1.165) is 28.2 Å². The summed E-state index contributed by atoms with van der Waals surface area (Å²) in [6.45, 7) is 6.36. The van der Waals surface area contributed by atoms with E-state index in [1.54, 1.807) is 12.2 Å². The average Bonchev–Trinajstić information content (AvgIpc) is 3.08. The van der Waals surface area contributed by atoms with E-state index >= 15 is 0 Å². The molecular weight excluding hydrogens is 342 g/mol. The highest BCUT2D eigenvalue weighted by Crippen LogP contribution is 2.40. The van der Waals surface area contributed by atoms with Crippen molar-refractivity contribution in [3.05, 3.63) is 59.2 Å². The number of hydrogen-bond donors (Lipinski definition) is 1. The molecule has 2 aromatic carbocycles. The third-order valence-electron chi connectivity index (χ3n) is 4.76. The normalized spacial score (nSPS) is 19.4. The molecular formula is C22H23NO4. The Hall–Kier alpha value is -2.95. The maximum absolute atomic E-state index is 12.5. The second-order valence-electron chi connectivity index (χ2n) is 7.61. The Kier molecular flexibility index (Phi) is 4.30. The van der Waals surface area contributed by atoms with Crippen molar-refractivity contribution in [2.75, 3.05) is 6.79 Å². The number of carbonyl (C=O) groups is 1. The van der Waals surface area contributed by atoms with E-state index < -0.39 is 0 Å². The van der Waals surface area contributed by atoms with Gasteiger partial charge in [0.05, 0.1) is 6.04 Å². The molecule has 2 aliphatic heterocycles. The van der Waals surface area contributed by atoms with Gasteiger partial charge in [-0.2, -0.15) is 0 Å². The lowest BCUT2D eigenvalue weighted by molar-refractivity contribution is -0.117. The summed E-state index contributed by atoms with van der Waals surface area (Å²) in [5.74, 6) is 2.13. The molecule has 1 unspecified atom stereocenters. The molecule has 0 fully saturated rings. The van der Waals surface area contributed by atoms with E-state index in [4.69, 9.17) is 14.2 Å². The van der Waals surface area contributed by atoms with Gasteiger partial charge in [0.1, 0.15) is 11.4 Å². The lowest BCUT2D eigenvalue weighted by Gasteiger charge is -2.38. The summed E-state index contributed by atoms with van der Waals surface area (Å²) < 4.78 is 16.7. The van der Waals surface area contributed by atoms with Crippen LogP contribution in [0.25, 0.3) is 6.08 Å². The predicted octanol–water partition coefficient (Wildman–Crippen LogP) is 4.16. The second kappa shape index (κ2) is 6.65. The van der Waals surface area contributed by atoms with E-state index in [0.29, 0.717) is 12.2 Å². The van der Waals surface area contributed by atoms with E-state index in [9.17, 15) is 4.79 Å². The summed E-state index contributed by atoms with van der Waals surface area (Å²) in [6.07, 6.45) is 4.04. The Labute approximate surface area is 158 Å². The van der Waals surface area contributed by atoms with Gasteiger partial charge >= 0.3 is 0 Å². The zero-order valence-electron chi connectivity index (χ0n) is 15.7. The van der Waals surface area contributed by atoms with Gasteiger partial charge in [-0.1, -0.05) is 23.8 Å². The number of benzene rings is 2. The Morgan fingerprint density at radius 2 is 1.89 bits per heavy atom. The first-order valence-electron chi connectivity index (χ1n) is 9.07. The van der Waals surface area contributed by atoms with Crippen LogP contribution >= 0.6 is 0 Å². The zero-order valence-corrected chi connectivity index (χ0v) is 15.7. The summed E-state index contributed by atoms with van der Waals surface area (Å²) in [5.41, 5.74) is 2.73. The fourth-order valence-electron chi connectivity index (χ4n) is 3.51. The summed E-state index contributed by atoms with van der Waals surface area (Å²) in [7, 11) is 0. The van der Waals surface area contributed by atoms with Gasteiger partial charge in [0.25, 0.3) is 0 Å². The lowest BCUT2D eigenvalue weighted by Crippen LogP contribution is -2.41. The van der Waals surface area contributed by atoms with Crippen LogP contribution < -0.4 is 19.5 Å². The van der Waals surface area contributed by atoms with Crippen molar-refractivity contribution in [3.8, 4) is 17.2 Å². The Bertz CT molecular complexity index is 917. The number of fused-ring (bicyclic) bond motifs is 2. The Morgan fingerprint density at radius 3 is 2.74 bits per heavy atom. The van der Waals surface area contributed by atoms with Crippen LogP contribution in [-0.2, 0) is 4.79 Å². The molecule has 1 N–H and O–H groups in total. The fourth-order valence-corrected chi connectivity index (χ4v) is 3.51. The van der Waals surface area contributed by atoms with Gasteiger partial charge in [-0.25, -0.2) is 0 Å². The zero-order chi connectivity index (χ0) is 19.0. The highest BCUT2D eigenvalue weighted by atomic mass is 16.7. The Balaban J connectivity index is 1.50. The third kappa shape index (κ3) is 3.77. The summed E-state index contributed by atoms with van der Waals surface area (Å²) in [4.78, 5) is 12.5. The van der Waals surface area contributed by atoms with E-state index in [1.165, 1.54) is 0 Å². The lowest BCUT2D eigenvalue weighted by atomic mass is 9.89. The number of carbonyl (C=O) groups excluding carboxylic acids is 1. The SMILES string of the molecule is Cc1ccc2c(c1)C(NC(=O)/C=C/c1ccc3c(c1)OCO3)CC(C)(C)O2. The van der Waals surface area contributed by atoms with Crippen LogP contribution in [0, 0.1) is 6.92 Å². The molecule has 2 heterocycles. The first-order chi connectivity index (χ1) is 12.9. The number of nitrogens with one attached hydrogen (secondary N) is 1. The molecule has 1 amide bonds. The molecule has 0 saturated heterocycles. The molecule has 0 aromatic heterocycles. The van der Waals surface area contributed by atoms with Gasteiger partial charge in [-0.3, -0.25) is 4.79 Å². The van der Waals surface area contributed by atoms with Crippen LogP contribution in [0.4, 0.5) is 0 Å². The van der Waals surface area contributed by atoms with Crippen LogP contribution in [0.1, 0.15) is 43.0 Å². The largest absolute Gasteiger partial charge is 0.487 e. The highest BCUT2D eigenvalue weighted by molar-refractivity contribution is 5.92. The van der Waals surface area contributed by atoms with Crippen molar-refractivity contribution in [1.29, 1.82) is 0 Å². The smallest absolute Gasteiger partial charge is 0.244 e. The minimum Gasteiger partial charge on any atom is -0.487 e. The van der Waals surface area contributed by atoms with Crippen molar-refractivity contribution in [3.63, 3.8) is 0 Å². The number of rotatable bonds is 3. The molecule has 0 radical (unpaired) electrons. The van der Waals surface area contributed by atoms with Crippen LogP contribution in [0.15, 0.2) is 42.5 Å². The monoisotopic (exact) mass is 365 g/mol. The van der Waals surface area contributed by atoms with Crippen LogP contribution in [0.3, 0.4) is 0 Å². The molecule has 140 valence electrons. The number of aryl methyl sites for hydroxylation is 1. The first-order valence-corrected chi connectivity index (χ1v) is 9.07.